The molecule has 0 bridgehead atoms. The minimum Gasteiger partial charge on any atom is -0.473 e. The van der Waals surface area contributed by atoms with Crippen molar-refractivity contribution >= 4 is 40.2 Å². The molecule has 1 aromatic heterocycles. The van der Waals surface area contributed by atoms with E-state index in [1.165, 1.54) is 11.7 Å². The fourth-order valence-corrected chi connectivity index (χ4v) is 4.26. The Labute approximate surface area is 173 Å². The van der Waals surface area contributed by atoms with Crippen LogP contribution in [-0.4, -0.2) is 35.9 Å². The van der Waals surface area contributed by atoms with Gasteiger partial charge in [0.2, 0.25) is 0 Å². The molecule has 4 rings (SSSR count). The number of benzene rings is 2. The molecule has 0 aliphatic carbocycles. The van der Waals surface area contributed by atoms with E-state index in [-0.39, 0.29) is 5.92 Å². The van der Waals surface area contributed by atoms with Gasteiger partial charge in [-0.2, -0.15) is 8.75 Å². The maximum atomic E-state index is 12.2. The molecule has 29 heavy (non-hydrogen) atoms. The number of unbranched alkanes of at least 4 members (excludes halogenated alkanes) is 1. The van der Waals surface area contributed by atoms with Crippen molar-refractivity contribution in [3.63, 3.8) is 0 Å². The van der Waals surface area contributed by atoms with Crippen LogP contribution in [0.1, 0.15) is 37.3 Å². The highest BCUT2D eigenvalue weighted by atomic mass is 32.1. The summed E-state index contributed by atoms with van der Waals surface area (Å²) in [7, 11) is 0. The fraction of sp³-hybridized carbons (Fsp3) is 0.318. The average Bonchev–Trinajstić information content (AvgIpc) is 3.31. The van der Waals surface area contributed by atoms with Gasteiger partial charge in [0, 0.05) is 5.56 Å². The smallest absolute Gasteiger partial charge is 0.399 e. The molecular weight excluding hydrogens is 384 g/mol. The molecule has 1 aliphatic rings. The second-order valence-electron chi connectivity index (χ2n) is 7.27. The van der Waals surface area contributed by atoms with Crippen LogP contribution in [0.5, 0.6) is 0 Å². The monoisotopic (exact) mass is 407 g/mol. The molecule has 1 unspecified atom stereocenters. The number of hydrogen-bond acceptors (Lipinski definition) is 5. The lowest BCUT2D eigenvalue weighted by Crippen LogP contribution is -2.32. The molecule has 1 aliphatic heterocycles. The van der Waals surface area contributed by atoms with Gasteiger partial charge in [0.1, 0.15) is 17.0 Å². The van der Waals surface area contributed by atoms with Gasteiger partial charge in [-0.05, 0) is 42.1 Å². The second-order valence-corrected chi connectivity index (χ2v) is 7.80. The van der Waals surface area contributed by atoms with Crippen molar-refractivity contribution in [2.45, 2.75) is 39.2 Å². The van der Waals surface area contributed by atoms with Gasteiger partial charge in [0.05, 0.1) is 17.4 Å². The third-order valence-electron chi connectivity index (χ3n) is 5.20. The van der Waals surface area contributed by atoms with Crippen LogP contribution in [0.25, 0.3) is 11.0 Å². The summed E-state index contributed by atoms with van der Waals surface area (Å²) < 4.78 is 10.2. The lowest BCUT2D eigenvalue weighted by molar-refractivity contribution is -0.546. The van der Waals surface area contributed by atoms with Crippen LogP contribution < -0.4 is 0 Å². The Morgan fingerprint density at radius 2 is 1.90 bits per heavy atom. The third kappa shape index (κ3) is 4.24. The molecule has 148 valence electrons. The number of aliphatic carboxylic acids is 1. The molecule has 0 amide bonds. The Balaban J connectivity index is 1.68. The zero-order valence-corrected chi connectivity index (χ0v) is 17.1. The fourth-order valence-electron chi connectivity index (χ4n) is 3.74. The Morgan fingerprint density at radius 1 is 1.10 bits per heavy atom. The van der Waals surface area contributed by atoms with Crippen molar-refractivity contribution in [1.29, 1.82) is 0 Å². The first kappa shape index (κ1) is 19.4. The van der Waals surface area contributed by atoms with Crippen molar-refractivity contribution in [3.05, 3.63) is 59.7 Å². The van der Waals surface area contributed by atoms with Crippen LogP contribution in [0.4, 0.5) is 0 Å². The molecule has 0 radical (unpaired) electrons. The summed E-state index contributed by atoms with van der Waals surface area (Å²) in [6.45, 7) is 2.60. The van der Waals surface area contributed by atoms with Crippen LogP contribution in [-0.2, 0) is 17.8 Å². The number of nitrogens with zero attached hydrogens (tertiary/aromatic N) is 4. The van der Waals surface area contributed by atoms with Crippen molar-refractivity contribution in [1.82, 2.24) is 8.75 Å². The van der Waals surface area contributed by atoms with E-state index in [2.05, 4.69) is 15.7 Å². The summed E-state index contributed by atoms with van der Waals surface area (Å²) in [5.74, 6) is -1.13. The van der Waals surface area contributed by atoms with E-state index >= 15 is 0 Å². The molecule has 3 aromatic rings. The molecular formula is C22H23N4O2S+. The molecule has 0 fully saturated rings. The van der Waals surface area contributed by atoms with Gasteiger partial charge in [-0.1, -0.05) is 54.4 Å². The van der Waals surface area contributed by atoms with E-state index in [0.717, 1.165) is 47.1 Å². The van der Waals surface area contributed by atoms with Crippen molar-refractivity contribution in [3.8, 4) is 0 Å². The first-order valence-corrected chi connectivity index (χ1v) is 10.6. The zero-order chi connectivity index (χ0) is 20.2. The Bertz CT molecular complexity index is 1090. The van der Waals surface area contributed by atoms with Gasteiger partial charge < -0.3 is 5.11 Å². The van der Waals surface area contributed by atoms with E-state index in [0.29, 0.717) is 18.7 Å². The SMILES string of the molecule is CCCCC1=N[N+](Cc2ccccc2)=C(C(=O)O)C1Cc1ccc2nsnc2c1. The molecule has 0 saturated carbocycles. The predicted octanol–water partition coefficient (Wildman–Crippen LogP) is 4.15. The minimum absolute atomic E-state index is 0.230. The predicted molar refractivity (Wildman–Crippen MR) is 115 cm³/mol. The molecule has 0 saturated heterocycles. The molecule has 1 N–H and O–H groups in total. The van der Waals surface area contributed by atoms with Crippen molar-refractivity contribution in [2.75, 3.05) is 0 Å². The highest BCUT2D eigenvalue weighted by Crippen LogP contribution is 2.24. The van der Waals surface area contributed by atoms with Crippen LogP contribution in [0.3, 0.4) is 0 Å². The molecule has 2 heterocycles. The van der Waals surface area contributed by atoms with E-state index in [9.17, 15) is 9.90 Å². The van der Waals surface area contributed by atoms with E-state index in [1.54, 1.807) is 4.68 Å². The van der Waals surface area contributed by atoms with Crippen molar-refractivity contribution < 1.29 is 14.6 Å². The molecule has 6 nitrogen and oxygen atoms in total. The lowest BCUT2D eigenvalue weighted by Gasteiger charge is -2.10. The van der Waals surface area contributed by atoms with Crippen LogP contribution >= 0.6 is 11.7 Å². The summed E-state index contributed by atoms with van der Waals surface area (Å²) in [4.78, 5) is 12.2. The first-order valence-electron chi connectivity index (χ1n) is 9.86. The number of aromatic nitrogens is 2. The summed E-state index contributed by atoms with van der Waals surface area (Å²) in [5, 5.41) is 14.8. The Morgan fingerprint density at radius 3 is 2.66 bits per heavy atom. The normalized spacial score (nSPS) is 16.4. The number of carbonyl (C=O) groups is 1. The summed E-state index contributed by atoms with van der Waals surface area (Å²) >= 11 is 1.19. The maximum absolute atomic E-state index is 12.2. The highest BCUT2D eigenvalue weighted by Gasteiger charge is 2.42. The second kappa shape index (κ2) is 8.61. The summed E-state index contributed by atoms with van der Waals surface area (Å²) in [6.07, 6.45) is 3.45. The average molecular weight is 408 g/mol. The largest absolute Gasteiger partial charge is 0.473 e. The van der Waals surface area contributed by atoms with Crippen molar-refractivity contribution in [2.24, 2.45) is 11.0 Å². The van der Waals surface area contributed by atoms with Crippen LogP contribution in [0.15, 0.2) is 53.6 Å². The third-order valence-corrected chi connectivity index (χ3v) is 5.75. The number of hydrazone groups is 1. The van der Waals surface area contributed by atoms with E-state index < -0.39 is 5.97 Å². The first-order chi connectivity index (χ1) is 14.2. The zero-order valence-electron chi connectivity index (χ0n) is 16.3. The number of carboxylic acid groups (broad SMARTS) is 1. The van der Waals surface area contributed by atoms with Gasteiger partial charge in [0.25, 0.3) is 0 Å². The van der Waals surface area contributed by atoms with E-state index in [1.807, 2.05) is 48.5 Å². The molecule has 1 atom stereocenters. The Kier molecular flexibility index (Phi) is 5.76. The molecule has 7 heteroatoms. The van der Waals surface area contributed by atoms with Gasteiger partial charge >= 0.3 is 11.7 Å². The van der Waals surface area contributed by atoms with Gasteiger partial charge in [-0.3, -0.25) is 0 Å². The van der Waals surface area contributed by atoms with Crippen LogP contribution in [0, 0.1) is 5.92 Å². The standard InChI is InChI=1S/C22H22N4O2S/c1-2-3-9-18-17(12-16-10-11-19-20(13-16)25-29-24-19)21(22(27)28)26(23-18)14-15-7-5-4-6-8-15/h4-8,10-11,13,17H,2-3,9,12,14H2,1H3/p+1. The minimum atomic E-state index is -0.905. The van der Waals surface area contributed by atoms with Gasteiger partial charge in [-0.25, -0.2) is 4.79 Å². The topological polar surface area (TPSA) is 78.5 Å². The number of fused-ring (bicyclic) bond motifs is 1. The van der Waals surface area contributed by atoms with Gasteiger partial charge in [-0.15, -0.1) is 0 Å². The number of rotatable bonds is 8. The maximum Gasteiger partial charge on any atom is 0.399 e. The highest BCUT2D eigenvalue weighted by molar-refractivity contribution is 7.00. The molecule has 2 aromatic carbocycles. The van der Waals surface area contributed by atoms with Crippen LogP contribution in [0.2, 0.25) is 0 Å². The summed E-state index contributed by atoms with van der Waals surface area (Å²) in [6, 6.07) is 15.8. The van der Waals surface area contributed by atoms with E-state index in [4.69, 9.17) is 5.10 Å². The number of hydrogen-bond donors (Lipinski definition) is 1. The lowest BCUT2D eigenvalue weighted by atomic mass is 9.88. The molecule has 0 spiro atoms. The van der Waals surface area contributed by atoms with Gasteiger partial charge in [0.15, 0.2) is 6.54 Å². The summed E-state index contributed by atoms with van der Waals surface area (Å²) in [5.41, 5.74) is 5.14. The Hall–Kier alpha value is -2.93. The number of carboxylic acids is 1. The quantitative estimate of drug-likeness (QED) is 0.569.